The molecule has 0 nitrogen and oxygen atoms in total. The van der Waals surface area contributed by atoms with Crippen LogP contribution in [-0.4, -0.2) is 0 Å². The van der Waals surface area contributed by atoms with Crippen LogP contribution in [0.2, 0.25) is 0 Å². The molecule has 1 aliphatic rings. The zero-order valence-electron chi connectivity index (χ0n) is 15.4. The van der Waals surface area contributed by atoms with E-state index in [-0.39, 0.29) is 5.41 Å². The molecule has 0 amide bonds. The highest BCUT2D eigenvalue weighted by atomic mass is 79.9. The Morgan fingerprint density at radius 1 is 0.720 bits per heavy atom. The van der Waals surface area contributed by atoms with Crippen LogP contribution < -0.4 is 0 Å². The first-order valence-corrected chi connectivity index (χ1v) is 11.3. The van der Waals surface area contributed by atoms with Gasteiger partial charge in [0, 0.05) is 14.4 Å². The van der Waals surface area contributed by atoms with Crippen LogP contribution in [0.15, 0.2) is 45.3 Å². The van der Waals surface area contributed by atoms with Gasteiger partial charge in [0.05, 0.1) is 0 Å². The van der Waals surface area contributed by atoms with Crippen molar-refractivity contribution in [3.63, 3.8) is 0 Å². The molecule has 0 fully saturated rings. The van der Waals surface area contributed by atoms with Gasteiger partial charge in [-0.1, -0.05) is 96.4 Å². The third kappa shape index (κ3) is 3.76. The van der Waals surface area contributed by atoms with Gasteiger partial charge in [0.15, 0.2) is 0 Å². The Kier molecular flexibility index (Phi) is 6.44. The fourth-order valence-electron chi connectivity index (χ4n) is 4.47. The molecule has 2 aromatic carbocycles. The van der Waals surface area contributed by atoms with Gasteiger partial charge in [-0.05, 0) is 59.4 Å². The maximum atomic E-state index is 3.71. The van der Waals surface area contributed by atoms with Gasteiger partial charge in [0.2, 0.25) is 0 Å². The van der Waals surface area contributed by atoms with Crippen molar-refractivity contribution in [3.8, 4) is 11.1 Å². The number of hydrogen-bond donors (Lipinski definition) is 0. The van der Waals surface area contributed by atoms with E-state index in [9.17, 15) is 0 Å². The summed E-state index contributed by atoms with van der Waals surface area (Å²) in [5.74, 6) is 0. The highest BCUT2D eigenvalue weighted by molar-refractivity contribution is 9.10. The summed E-state index contributed by atoms with van der Waals surface area (Å²) in [7, 11) is 0. The number of hydrogen-bond acceptors (Lipinski definition) is 0. The van der Waals surface area contributed by atoms with Crippen molar-refractivity contribution in [2.45, 2.75) is 70.6 Å². The molecule has 0 aromatic heterocycles. The first kappa shape index (κ1) is 19.2. The molecule has 0 heterocycles. The quantitative estimate of drug-likeness (QED) is 0.343. The fraction of sp³-hybridized carbons (Fsp3) is 0.478. The minimum Gasteiger partial charge on any atom is -0.0654 e. The molecule has 0 saturated carbocycles. The minimum atomic E-state index is 0.170. The first-order chi connectivity index (χ1) is 12.1. The summed E-state index contributed by atoms with van der Waals surface area (Å²) in [6.45, 7) is 4.64. The Labute approximate surface area is 169 Å². The largest absolute Gasteiger partial charge is 0.0654 e. The van der Waals surface area contributed by atoms with Crippen LogP contribution in [0, 0.1) is 0 Å². The molecule has 3 rings (SSSR count). The Bertz CT molecular complexity index is 681. The molecule has 0 atom stereocenters. The van der Waals surface area contributed by atoms with Crippen molar-refractivity contribution in [3.05, 3.63) is 56.5 Å². The van der Waals surface area contributed by atoms with E-state index < -0.39 is 0 Å². The molecule has 0 N–H and O–H groups in total. The van der Waals surface area contributed by atoms with E-state index in [4.69, 9.17) is 0 Å². The summed E-state index contributed by atoms with van der Waals surface area (Å²) in [6, 6.07) is 13.7. The molecule has 134 valence electrons. The van der Waals surface area contributed by atoms with Gasteiger partial charge >= 0.3 is 0 Å². The molecule has 0 saturated heterocycles. The Morgan fingerprint density at radius 3 is 1.76 bits per heavy atom. The number of rotatable bonds is 8. The van der Waals surface area contributed by atoms with Crippen LogP contribution >= 0.6 is 31.9 Å². The van der Waals surface area contributed by atoms with Gasteiger partial charge in [-0.2, -0.15) is 0 Å². The summed E-state index contributed by atoms with van der Waals surface area (Å²) < 4.78 is 2.39. The average Bonchev–Trinajstić information content (AvgIpc) is 2.87. The lowest BCUT2D eigenvalue weighted by Gasteiger charge is -2.31. The van der Waals surface area contributed by atoms with E-state index in [2.05, 4.69) is 82.1 Å². The van der Waals surface area contributed by atoms with Crippen molar-refractivity contribution >= 4 is 31.9 Å². The molecule has 0 aliphatic heterocycles. The maximum Gasteiger partial charge on any atom is 0.0213 e. The van der Waals surface area contributed by atoms with Crippen LogP contribution in [0.1, 0.15) is 76.3 Å². The number of fused-ring (bicyclic) bond motifs is 3. The second-order valence-electron chi connectivity index (χ2n) is 7.33. The maximum absolute atomic E-state index is 3.71. The van der Waals surface area contributed by atoms with Gasteiger partial charge in [-0.15, -0.1) is 0 Å². The summed E-state index contributed by atoms with van der Waals surface area (Å²) in [6.07, 6.45) is 10.6. The van der Waals surface area contributed by atoms with Crippen molar-refractivity contribution < 1.29 is 0 Å². The van der Waals surface area contributed by atoms with Gasteiger partial charge in [0.25, 0.3) is 0 Å². The topological polar surface area (TPSA) is 0 Å². The summed E-state index contributed by atoms with van der Waals surface area (Å²) in [4.78, 5) is 0. The number of benzene rings is 2. The molecule has 0 spiro atoms. The molecule has 25 heavy (non-hydrogen) atoms. The number of halogens is 2. The second-order valence-corrected chi connectivity index (χ2v) is 9.16. The zero-order valence-corrected chi connectivity index (χ0v) is 18.5. The summed E-state index contributed by atoms with van der Waals surface area (Å²) >= 11 is 7.41. The van der Waals surface area contributed by atoms with Gasteiger partial charge in [0.1, 0.15) is 0 Å². The van der Waals surface area contributed by atoms with E-state index in [0.717, 1.165) is 6.42 Å². The van der Waals surface area contributed by atoms with Crippen LogP contribution in [-0.2, 0) is 5.41 Å². The SMILES string of the molecule is CCCCCCCCC1(CC)c2cc(Br)ccc2-c2ccc(Br)cc21. The predicted molar refractivity (Wildman–Crippen MR) is 116 cm³/mol. The molecule has 0 radical (unpaired) electrons. The lowest BCUT2D eigenvalue weighted by Crippen LogP contribution is -2.24. The predicted octanol–water partition coefficient (Wildman–Crippen LogP) is 8.64. The summed E-state index contributed by atoms with van der Waals surface area (Å²) in [5.41, 5.74) is 6.07. The molecule has 0 bridgehead atoms. The highest BCUT2D eigenvalue weighted by Crippen LogP contribution is 2.54. The van der Waals surface area contributed by atoms with Gasteiger partial charge in [-0.25, -0.2) is 0 Å². The van der Waals surface area contributed by atoms with Crippen molar-refractivity contribution in [2.75, 3.05) is 0 Å². The molecule has 2 heteroatoms. The zero-order chi connectivity index (χ0) is 17.9. The van der Waals surface area contributed by atoms with E-state index in [0.29, 0.717) is 0 Å². The minimum absolute atomic E-state index is 0.170. The van der Waals surface area contributed by atoms with Gasteiger partial charge < -0.3 is 0 Å². The van der Waals surface area contributed by atoms with E-state index in [1.54, 1.807) is 0 Å². The van der Waals surface area contributed by atoms with Crippen LogP contribution in [0.4, 0.5) is 0 Å². The standard InChI is InChI=1S/C23H28Br2/c1-3-5-6-7-8-9-14-23(4-2)21-15-17(24)10-12-19(21)20-13-11-18(25)16-22(20)23/h10-13,15-16H,3-9,14H2,1-2H3. The lowest BCUT2D eigenvalue weighted by molar-refractivity contribution is 0.434. The Morgan fingerprint density at radius 2 is 1.24 bits per heavy atom. The smallest absolute Gasteiger partial charge is 0.0213 e. The van der Waals surface area contributed by atoms with Crippen molar-refractivity contribution in [1.29, 1.82) is 0 Å². The molecule has 0 unspecified atom stereocenters. The normalized spacial score (nSPS) is 14.4. The van der Waals surface area contributed by atoms with Crippen LogP contribution in [0.5, 0.6) is 0 Å². The van der Waals surface area contributed by atoms with Crippen LogP contribution in [0.25, 0.3) is 11.1 Å². The van der Waals surface area contributed by atoms with Crippen molar-refractivity contribution in [1.82, 2.24) is 0 Å². The fourth-order valence-corrected chi connectivity index (χ4v) is 5.20. The third-order valence-corrected chi connectivity index (χ3v) is 6.83. The molecular formula is C23H28Br2. The van der Waals surface area contributed by atoms with Gasteiger partial charge in [-0.3, -0.25) is 0 Å². The van der Waals surface area contributed by atoms with E-state index in [1.807, 2.05) is 0 Å². The van der Waals surface area contributed by atoms with Crippen LogP contribution in [0.3, 0.4) is 0 Å². The van der Waals surface area contributed by atoms with E-state index in [1.165, 1.54) is 76.1 Å². The summed E-state index contributed by atoms with van der Waals surface area (Å²) in [5, 5.41) is 0. The average molecular weight is 464 g/mol. The Balaban J connectivity index is 1.92. The monoisotopic (exact) mass is 462 g/mol. The van der Waals surface area contributed by atoms with Crippen molar-refractivity contribution in [2.24, 2.45) is 0 Å². The van der Waals surface area contributed by atoms with E-state index >= 15 is 0 Å². The highest BCUT2D eigenvalue weighted by Gasteiger charge is 2.41. The molecular weight excluding hydrogens is 436 g/mol. The number of unbranched alkanes of at least 4 members (excludes halogenated alkanes) is 5. The third-order valence-electron chi connectivity index (χ3n) is 5.85. The first-order valence-electron chi connectivity index (χ1n) is 9.73. The second kappa shape index (κ2) is 8.39. The lowest BCUT2D eigenvalue weighted by atomic mass is 9.72. The Hall–Kier alpha value is -0.600. The molecule has 2 aromatic rings. The molecule has 1 aliphatic carbocycles.